The van der Waals surface area contributed by atoms with Crippen LogP contribution in [0.5, 0.6) is 0 Å². The molecule has 0 saturated heterocycles. The lowest BCUT2D eigenvalue weighted by Crippen LogP contribution is -2.15. The quantitative estimate of drug-likeness (QED) is 0.868. The summed E-state index contributed by atoms with van der Waals surface area (Å²) in [6.45, 7) is 1.90. The monoisotopic (exact) mass is 323 g/mol. The maximum atomic E-state index is 12.3. The van der Waals surface area contributed by atoms with E-state index in [0.717, 1.165) is 5.56 Å². The predicted octanol–water partition coefficient (Wildman–Crippen LogP) is 4.02. The van der Waals surface area contributed by atoms with E-state index in [1.54, 1.807) is 23.1 Å². The Balaban J connectivity index is 2.25. The highest BCUT2D eigenvalue weighted by molar-refractivity contribution is 6.31. The van der Waals surface area contributed by atoms with Gasteiger partial charge < -0.3 is 10.2 Å². The average Bonchev–Trinajstić information content (AvgIpc) is 2.42. The Morgan fingerprint density at radius 2 is 1.90 bits per heavy atom. The number of carbonyl (C=O) groups is 1. The van der Waals surface area contributed by atoms with Gasteiger partial charge in [0.1, 0.15) is 11.0 Å². The zero-order chi connectivity index (χ0) is 15.6. The van der Waals surface area contributed by atoms with Crippen LogP contribution in [0.15, 0.2) is 30.3 Å². The van der Waals surface area contributed by atoms with Crippen molar-refractivity contribution in [2.24, 2.45) is 0 Å². The molecule has 0 atom stereocenters. The van der Waals surface area contributed by atoms with Crippen LogP contribution in [0.25, 0.3) is 0 Å². The normalized spacial score (nSPS) is 10.3. The Morgan fingerprint density at radius 1 is 1.19 bits per heavy atom. The number of aromatic nitrogens is 1. The third-order valence-corrected chi connectivity index (χ3v) is 3.53. The van der Waals surface area contributed by atoms with Crippen LogP contribution in [0, 0.1) is 6.92 Å². The Bertz CT molecular complexity index is 687. The molecule has 0 aliphatic rings. The van der Waals surface area contributed by atoms with E-state index in [-0.39, 0.29) is 11.1 Å². The third-order valence-electron chi connectivity index (χ3n) is 2.93. The Kier molecular flexibility index (Phi) is 4.70. The smallest absolute Gasteiger partial charge is 0.255 e. The Labute approximate surface area is 133 Å². The molecule has 0 saturated carbocycles. The number of carbonyl (C=O) groups excluding carboxylic acids is 1. The van der Waals surface area contributed by atoms with Gasteiger partial charge in [-0.1, -0.05) is 29.3 Å². The summed E-state index contributed by atoms with van der Waals surface area (Å²) in [4.78, 5) is 18.2. The molecule has 6 heteroatoms. The summed E-state index contributed by atoms with van der Waals surface area (Å²) in [6.07, 6.45) is 0. The highest BCUT2D eigenvalue weighted by Gasteiger charge is 2.11. The summed E-state index contributed by atoms with van der Waals surface area (Å²) >= 11 is 12.0. The summed E-state index contributed by atoms with van der Waals surface area (Å²) < 4.78 is 0. The zero-order valence-corrected chi connectivity index (χ0v) is 13.5. The fourth-order valence-corrected chi connectivity index (χ4v) is 2.10. The molecule has 1 heterocycles. The molecular formula is C15H15Cl2N3O. The molecule has 0 unspecified atom stereocenters. The largest absolute Gasteiger partial charge is 0.363 e. The van der Waals surface area contributed by atoms with E-state index in [0.29, 0.717) is 22.1 Å². The highest BCUT2D eigenvalue weighted by Crippen LogP contribution is 2.22. The van der Waals surface area contributed by atoms with Crippen molar-refractivity contribution in [3.8, 4) is 0 Å². The minimum Gasteiger partial charge on any atom is -0.363 e. The maximum Gasteiger partial charge on any atom is 0.255 e. The molecule has 0 aliphatic heterocycles. The molecule has 2 rings (SSSR count). The minimum atomic E-state index is -0.262. The van der Waals surface area contributed by atoms with Gasteiger partial charge in [0.2, 0.25) is 0 Å². The van der Waals surface area contributed by atoms with Gasteiger partial charge in [0, 0.05) is 30.4 Å². The molecule has 0 aliphatic carbocycles. The van der Waals surface area contributed by atoms with Gasteiger partial charge in [0.25, 0.3) is 5.91 Å². The second-order valence-electron chi connectivity index (χ2n) is 4.85. The molecule has 0 bridgehead atoms. The third kappa shape index (κ3) is 3.86. The molecular weight excluding hydrogens is 309 g/mol. The Morgan fingerprint density at radius 3 is 2.52 bits per heavy atom. The van der Waals surface area contributed by atoms with Gasteiger partial charge in [-0.2, -0.15) is 0 Å². The molecule has 0 radical (unpaired) electrons. The van der Waals surface area contributed by atoms with E-state index in [9.17, 15) is 4.79 Å². The summed E-state index contributed by atoms with van der Waals surface area (Å²) in [5.74, 6) is 0.358. The number of benzene rings is 1. The van der Waals surface area contributed by atoms with Crippen LogP contribution in [-0.2, 0) is 0 Å². The number of hydrogen-bond acceptors (Lipinski definition) is 3. The van der Waals surface area contributed by atoms with Crippen molar-refractivity contribution >= 4 is 40.6 Å². The summed E-state index contributed by atoms with van der Waals surface area (Å²) in [7, 11) is 3.67. The summed E-state index contributed by atoms with van der Waals surface area (Å²) in [6, 6.07) is 8.57. The van der Waals surface area contributed by atoms with Gasteiger partial charge in [-0.3, -0.25) is 4.79 Å². The van der Waals surface area contributed by atoms with Crippen molar-refractivity contribution < 1.29 is 4.79 Å². The average molecular weight is 324 g/mol. The van der Waals surface area contributed by atoms with Crippen molar-refractivity contribution in [1.82, 2.24) is 4.98 Å². The molecule has 110 valence electrons. The molecule has 1 aromatic heterocycles. The topological polar surface area (TPSA) is 45.2 Å². The fourth-order valence-electron chi connectivity index (χ4n) is 1.72. The van der Waals surface area contributed by atoms with Crippen LogP contribution < -0.4 is 10.2 Å². The number of halogens is 2. The SMILES string of the molecule is Cc1ccc(NC(=O)c2cc(Cl)nc(N(C)C)c2)cc1Cl. The van der Waals surface area contributed by atoms with E-state index in [1.807, 2.05) is 27.1 Å². The second-order valence-corrected chi connectivity index (χ2v) is 5.64. The van der Waals surface area contributed by atoms with Gasteiger partial charge in [-0.05, 0) is 36.8 Å². The predicted molar refractivity (Wildman–Crippen MR) is 87.7 cm³/mol. The minimum absolute atomic E-state index is 0.262. The number of hydrogen-bond donors (Lipinski definition) is 1. The summed E-state index contributed by atoms with van der Waals surface area (Å²) in [5.41, 5.74) is 2.03. The molecule has 21 heavy (non-hydrogen) atoms. The lowest BCUT2D eigenvalue weighted by atomic mass is 10.2. The number of amides is 1. The maximum absolute atomic E-state index is 12.3. The highest BCUT2D eigenvalue weighted by atomic mass is 35.5. The number of nitrogens with zero attached hydrogens (tertiary/aromatic N) is 2. The van der Waals surface area contributed by atoms with E-state index in [4.69, 9.17) is 23.2 Å². The van der Waals surface area contributed by atoms with E-state index < -0.39 is 0 Å². The lowest BCUT2D eigenvalue weighted by Gasteiger charge is -2.13. The molecule has 0 spiro atoms. The van der Waals surface area contributed by atoms with Crippen molar-refractivity contribution in [1.29, 1.82) is 0 Å². The van der Waals surface area contributed by atoms with Crippen molar-refractivity contribution in [3.05, 3.63) is 51.6 Å². The first-order valence-corrected chi connectivity index (χ1v) is 7.05. The van der Waals surface area contributed by atoms with Crippen LogP contribution in [0.4, 0.5) is 11.5 Å². The lowest BCUT2D eigenvalue weighted by molar-refractivity contribution is 0.102. The number of rotatable bonds is 3. The first-order chi connectivity index (χ1) is 9.86. The molecule has 1 aromatic carbocycles. The number of aryl methyl sites for hydroxylation is 1. The standard InChI is InChI=1S/C15H15Cl2N3O/c1-9-4-5-11(8-12(9)16)18-15(21)10-6-13(17)19-14(7-10)20(2)3/h4-8H,1-3H3,(H,18,21). The van der Waals surface area contributed by atoms with E-state index in [2.05, 4.69) is 10.3 Å². The van der Waals surface area contributed by atoms with Crippen molar-refractivity contribution in [3.63, 3.8) is 0 Å². The second kappa shape index (κ2) is 6.33. The summed E-state index contributed by atoms with van der Waals surface area (Å²) in [5, 5.41) is 3.67. The Hall–Kier alpha value is -1.78. The van der Waals surface area contributed by atoms with Gasteiger partial charge in [0.05, 0.1) is 0 Å². The van der Waals surface area contributed by atoms with Gasteiger partial charge in [-0.15, -0.1) is 0 Å². The molecule has 1 amide bonds. The van der Waals surface area contributed by atoms with Crippen molar-refractivity contribution in [2.45, 2.75) is 6.92 Å². The van der Waals surface area contributed by atoms with Gasteiger partial charge in [0.15, 0.2) is 0 Å². The number of pyridine rings is 1. The van der Waals surface area contributed by atoms with Crippen LogP contribution in [-0.4, -0.2) is 25.0 Å². The number of anilines is 2. The van der Waals surface area contributed by atoms with Crippen LogP contribution in [0.2, 0.25) is 10.2 Å². The first-order valence-electron chi connectivity index (χ1n) is 6.29. The molecule has 4 nitrogen and oxygen atoms in total. The van der Waals surface area contributed by atoms with Crippen LogP contribution in [0.1, 0.15) is 15.9 Å². The molecule has 0 fully saturated rings. The van der Waals surface area contributed by atoms with Gasteiger partial charge >= 0.3 is 0 Å². The van der Waals surface area contributed by atoms with Crippen LogP contribution >= 0.6 is 23.2 Å². The van der Waals surface area contributed by atoms with Gasteiger partial charge in [-0.25, -0.2) is 4.98 Å². The molecule has 2 aromatic rings. The molecule has 1 N–H and O–H groups in total. The van der Waals surface area contributed by atoms with Crippen molar-refractivity contribution in [2.75, 3.05) is 24.3 Å². The van der Waals surface area contributed by atoms with E-state index in [1.165, 1.54) is 6.07 Å². The fraction of sp³-hybridized carbons (Fsp3) is 0.200. The number of nitrogens with one attached hydrogen (secondary N) is 1. The zero-order valence-electron chi connectivity index (χ0n) is 11.9. The first kappa shape index (κ1) is 15.6. The van der Waals surface area contributed by atoms with Crippen LogP contribution in [0.3, 0.4) is 0 Å². The van der Waals surface area contributed by atoms with E-state index >= 15 is 0 Å².